The minimum absolute atomic E-state index is 0.0582. The molecule has 0 radical (unpaired) electrons. The number of Topliss-reactive ketones (excluding diaryl/α,β-unsaturated/α-hetero) is 1. The van der Waals surface area contributed by atoms with E-state index in [2.05, 4.69) is 15.9 Å². The standard InChI is InChI=1S/C10H7BrO3/c11-10-2-1-9(14-10)8(12)5-7-3-4-13-6-7/h1-4,6H,5H2. The number of ketones is 1. The van der Waals surface area contributed by atoms with E-state index in [4.69, 9.17) is 8.83 Å². The largest absolute Gasteiger partial charge is 0.472 e. The molecule has 0 saturated carbocycles. The predicted molar refractivity (Wildman–Crippen MR) is 53.2 cm³/mol. The monoisotopic (exact) mass is 254 g/mol. The number of carbonyl (C=O) groups is 1. The fraction of sp³-hybridized carbons (Fsp3) is 0.100. The van der Waals surface area contributed by atoms with Crippen molar-refractivity contribution in [3.05, 3.63) is 46.7 Å². The molecule has 0 aliphatic heterocycles. The van der Waals surface area contributed by atoms with Gasteiger partial charge in [-0.2, -0.15) is 0 Å². The van der Waals surface area contributed by atoms with Crippen LogP contribution in [-0.4, -0.2) is 5.78 Å². The molecule has 2 aromatic rings. The van der Waals surface area contributed by atoms with Crippen LogP contribution in [0.3, 0.4) is 0 Å². The Balaban J connectivity index is 2.10. The van der Waals surface area contributed by atoms with Crippen molar-refractivity contribution in [1.29, 1.82) is 0 Å². The molecule has 0 aliphatic rings. The molecule has 0 amide bonds. The average Bonchev–Trinajstić information content (AvgIpc) is 2.75. The van der Waals surface area contributed by atoms with Crippen LogP contribution in [-0.2, 0) is 6.42 Å². The third-order valence-electron chi connectivity index (χ3n) is 1.79. The minimum atomic E-state index is -0.0582. The molecule has 2 rings (SSSR count). The van der Waals surface area contributed by atoms with Gasteiger partial charge in [0, 0.05) is 6.42 Å². The smallest absolute Gasteiger partial charge is 0.202 e. The fourth-order valence-corrected chi connectivity index (χ4v) is 1.44. The lowest BCUT2D eigenvalue weighted by atomic mass is 10.1. The van der Waals surface area contributed by atoms with Crippen LogP contribution in [0.4, 0.5) is 0 Å². The van der Waals surface area contributed by atoms with Crippen molar-refractivity contribution in [2.45, 2.75) is 6.42 Å². The minimum Gasteiger partial charge on any atom is -0.472 e. The summed E-state index contributed by atoms with van der Waals surface area (Å²) in [6, 6.07) is 5.10. The van der Waals surface area contributed by atoms with Gasteiger partial charge in [0.05, 0.1) is 12.5 Å². The van der Waals surface area contributed by atoms with Crippen LogP contribution < -0.4 is 0 Å². The summed E-state index contributed by atoms with van der Waals surface area (Å²) in [5.74, 6) is 0.301. The number of rotatable bonds is 3. The summed E-state index contributed by atoms with van der Waals surface area (Å²) in [6.45, 7) is 0. The first kappa shape index (κ1) is 9.27. The van der Waals surface area contributed by atoms with Crippen LogP contribution in [0.1, 0.15) is 16.1 Å². The number of carbonyl (C=O) groups excluding carboxylic acids is 1. The van der Waals surface area contributed by atoms with E-state index in [0.29, 0.717) is 16.9 Å². The van der Waals surface area contributed by atoms with Gasteiger partial charge in [-0.25, -0.2) is 0 Å². The number of halogens is 1. The topological polar surface area (TPSA) is 43.4 Å². The molecule has 0 spiro atoms. The molecule has 0 unspecified atom stereocenters. The molecule has 2 aromatic heterocycles. The molecule has 72 valence electrons. The van der Waals surface area contributed by atoms with Crippen LogP contribution in [0.5, 0.6) is 0 Å². The van der Waals surface area contributed by atoms with Crippen molar-refractivity contribution < 1.29 is 13.6 Å². The lowest BCUT2D eigenvalue weighted by Gasteiger charge is -1.92. The summed E-state index contributed by atoms with van der Waals surface area (Å²) >= 11 is 3.14. The van der Waals surface area contributed by atoms with E-state index < -0.39 is 0 Å². The van der Waals surface area contributed by atoms with Gasteiger partial charge in [0.15, 0.2) is 10.4 Å². The van der Waals surface area contributed by atoms with Gasteiger partial charge in [-0.05, 0) is 39.7 Å². The Hall–Kier alpha value is -1.29. The zero-order chi connectivity index (χ0) is 9.97. The molecule has 0 saturated heterocycles. The molecule has 0 fully saturated rings. The Morgan fingerprint density at radius 1 is 1.36 bits per heavy atom. The highest BCUT2D eigenvalue weighted by Gasteiger charge is 2.11. The first-order valence-corrected chi connectivity index (χ1v) is 4.84. The number of hydrogen-bond acceptors (Lipinski definition) is 3. The maximum Gasteiger partial charge on any atom is 0.202 e. The van der Waals surface area contributed by atoms with Gasteiger partial charge in [-0.1, -0.05) is 0 Å². The third kappa shape index (κ3) is 1.96. The van der Waals surface area contributed by atoms with Crippen LogP contribution >= 0.6 is 15.9 Å². The zero-order valence-corrected chi connectivity index (χ0v) is 8.78. The van der Waals surface area contributed by atoms with Gasteiger partial charge in [-0.15, -0.1) is 0 Å². The van der Waals surface area contributed by atoms with Gasteiger partial charge < -0.3 is 8.83 Å². The second kappa shape index (κ2) is 3.84. The molecule has 0 bridgehead atoms. The second-order valence-corrected chi connectivity index (χ2v) is 3.62. The van der Waals surface area contributed by atoms with E-state index in [1.807, 2.05) is 0 Å². The van der Waals surface area contributed by atoms with E-state index in [1.165, 1.54) is 0 Å². The molecule has 0 atom stereocenters. The van der Waals surface area contributed by atoms with Crippen LogP contribution in [0.25, 0.3) is 0 Å². The quantitative estimate of drug-likeness (QED) is 0.791. The number of hydrogen-bond donors (Lipinski definition) is 0. The molecule has 14 heavy (non-hydrogen) atoms. The summed E-state index contributed by atoms with van der Waals surface area (Å²) in [7, 11) is 0. The highest BCUT2D eigenvalue weighted by atomic mass is 79.9. The van der Waals surface area contributed by atoms with Gasteiger partial charge in [0.2, 0.25) is 5.78 Å². The van der Waals surface area contributed by atoms with Gasteiger partial charge in [0.25, 0.3) is 0 Å². The van der Waals surface area contributed by atoms with E-state index in [-0.39, 0.29) is 5.78 Å². The van der Waals surface area contributed by atoms with Gasteiger partial charge in [0.1, 0.15) is 0 Å². The second-order valence-electron chi connectivity index (χ2n) is 2.84. The van der Waals surface area contributed by atoms with Gasteiger partial charge in [-0.3, -0.25) is 4.79 Å². The molecule has 3 nitrogen and oxygen atoms in total. The van der Waals surface area contributed by atoms with Crippen molar-refractivity contribution >= 4 is 21.7 Å². The summed E-state index contributed by atoms with van der Waals surface area (Å²) in [5.41, 5.74) is 0.850. The van der Waals surface area contributed by atoms with Crippen LogP contribution in [0.2, 0.25) is 0 Å². The Morgan fingerprint density at radius 2 is 2.21 bits per heavy atom. The van der Waals surface area contributed by atoms with Gasteiger partial charge >= 0.3 is 0 Å². The van der Waals surface area contributed by atoms with E-state index in [1.54, 1.807) is 30.7 Å². The van der Waals surface area contributed by atoms with Crippen molar-refractivity contribution in [2.75, 3.05) is 0 Å². The maximum atomic E-state index is 11.6. The van der Waals surface area contributed by atoms with Crippen molar-refractivity contribution in [1.82, 2.24) is 0 Å². The van der Waals surface area contributed by atoms with E-state index in [9.17, 15) is 4.79 Å². The molecular weight excluding hydrogens is 248 g/mol. The first-order chi connectivity index (χ1) is 6.75. The lowest BCUT2D eigenvalue weighted by molar-refractivity contribution is 0.0965. The van der Waals surface area contributed by atoms with Crippen molar-refractivity contribution in [2.24, 2.45) is 0 Å². The molecular formula is C10H7BrO3. The summed E-state index contributed by atoms with van der Waals surface area (Å²) in [4.78, 5) is 11.6. The molecule has 4 heteroatoms. The predicted octanol–water partition coefficient (Wildman–Crippen LogP) is 3.06. The zero-order valence-electron chi connectivity index (χ0n) is 7.20. The highest BCUT2D eigenvalue weighted by molar-refractivity contribution is 9.10. The van der Waals surface area contributed by atoms with Crippen LogP contribution in [0, 0.1) is 0 Å². The Labute approximate surface area is 88.8 Å². The summed E-state index contributed by atoms with van der Waals surface area (Å²) < 4.78 is 10.6. The van der Waals surface area contributed by atoms with E-state index in [0.717, 1.165) is 5.56 Å². The first-order valence-electron chi connectivity index (χ1n) is 4.05. The van der Waals surface area contributed by atoms with Crippen molar-refractivity contribution in [3.63, 3.8) is 0 Å². The fourth-order valence-electron chi connectivity index (χ4n) is 1.13. The number of furan rings is 2. The summed E-state index contributed by atoms with van der Waals surface area (Å²) in [5, 5.41) is 0. The Morgan fingerprint density at radius 3 is 2.79 bits per heavy atom. The normalized spacial score (nSPS) is 10.4. The molecule has 2 heterocycles. The maximum absolute atomic E-state index is 11.6. The van der Waals surface area contributed by atoms with Crippen LogP contribution in [0.15, 0.2) is 44.2 Å². The average molecular weight is 255 g/mol. The van der Waals surface area contributed by atoms with E-state index >= 15 is 0 Å². The highest BCUT2D eigenvalue weighted by Crippen LogP contribution is 2.16. The Bertz CT molecular complexity index is 428. The summed E-state index contributed by atoms with van der Waals surface area (Å²) in [6.07, 6.45) is 3.40. The SMILES string of the molecule is O=C(Cc1ccoc1)c1ccc(Br)o1. The lowest BCUT2D eigenvalue weighted by Crippen LogP contribution is -2.00. The molecule has 0 aromatic carbocycles. The molecule has 0 aliphatic carbocycles. The molecule has 0 N–H and O–H groups in total. The third-order valence-corrected chi connectivity index (χ3v) is 2.22. The van der Waals surface area contributed by atoms with Crippen molar-refractivity contribution in [3.8, 4) is 0 Å². The Kier molecular flexibility index (Phi) is 2.54.